The number of hydrogen-bond acceptors (Lipinski definition) is 1. The van der Waals surface area contributed by atoms with Gasteiger partial charge in [-0.15, -0.1) is 0 Å². The van der Waals surface area contributed by atoms with Crippen LogP contribution in [0.5, 0.6) is 0 Å². The minimum atomic E-state index is -0.608. The normalized spacial score (nSPS) is 27.0. The van der Waals surface area contributed by atoms with Crippen LogP contribution in [-0.2, 0) is 11.3 Å². The number of fused-ring (bicyclic) bond motifs is 3. The van der Waals surface area contributed by atoms with Gasteiger partial charge in [-0.2, -0.15) is 0 Å². The molecule has 0 aliphatic heterocycles. The maximum absolute atomic E-state index is 11.6. The highest BCUT2D eigenvalue weighted by molar-refractivity contribution is 5.88. The van der Waals surface area contributed by atoms with Crippen LogP contribution >= 0.6 is 0 Å². The van der Waals surface area contributed by atoms with Crippen LogP contribution in [0.3, 0.4) is 0 Å². The van der Waals surface area contributed by atoms with E-state index in [-0.39, 0.29) is 11.8 Å². The molecule has 3 atom stereocenters. The smallest absolute Gasteiger partial charge is 0.307 e. The van der Waals surface area contributed by atoms with Crippen molar-refractivity contribution >= 4 is 16.9 Å². The molecule has 1 aromatic heterocycles. The Balaban J connectivity index is 1.99. The molecule has 2 bridgehead atoms. The van der Waals surface area contributed by atoms with E-state index >= 15 is 0 Å². The summed E-state index contributed by atoms with van der Waals surface area (Å²) in [6.07, 6.45) is 4.10. The third-order valence-electron chi connectivity index (χ3n) is 5.43. The van der Waals surface area contributed by atoms with Gasteiger partial charge in [0.1, 0.15) is 0 Å². The van der Waals surface area contributed by atoms with E-state index < -0.39 is 5.97 Å². The third-order valence-corrected chi connectivity index (χ3v) is 5.43. The number of aromatic nitrogens is 1. The fourth-order valence-electron chi connectivity index (χ4n) is 4.68. The Kier molecular flexibility index (Phi) is 2.84. The number of nitrogens with zero attached hydrogens (tertiary/aromatic N) is 1. The lowest BCUT2D eigenvalue weighted by molar-refractivity contribution is -0.144. The zero-order chi connectivity index (χ0) is 14.6. The number of aryl methyl sites for hydroxylation is 1. The highest BCUT2D eigenvalue weighted by Gasteiger charge is 2.46. The number of aliphatic carboxylic acids is 1. The molecule has 2 aromatic rings. The first-order valence-electron chi connectivity index (χ1n) is 8.06. The molecule has 1 fully saturated rings. The summed E-state index contributed by atoms with van der Waals surface area (Å²) in [5, 5.41) is 10.9. The quantitative estimate of drug-likeness (QED) is 0.920. The van der Waals surface area contributed by atoms with E-state index in [4.69, 9.17) is 0 Å². The Morgan fingerprint density at radius 2 is 2.14 bits per heavy atom. The van der Waals surface area contributed by atoms with Gasteiger partial charge < -0.3 is 9.67 Å². The first kappa shape index (κ1) is 12.9. The van der Waals surface area contributed by atoms with Crippen molar-refractivity contribution in [1.29, 1.82) is 0 Å². The predicted molar refractivity (Wildman–Crippen MR) is 82.7 cm³/mol. The number of hydrogen-bond donors (Lipinski definition) is 1. The van der Waals surface area contributed by atoms with Crippen molar-refractivity contribution in [2.45, 2.75) is 51.0 Å². The molecule has 1 saturated carbocycles. The summed E-state index contributed by atoms with van der Waals surface area (Å²) >= 11 is 0. The molecule has 0 amide bonds. The van der Waals surface area contributed by atoms with Gasteiger partial charge in [0.15, 0.2) is 0 Å². The second-order valence-corrected chi connectivity index (χ2v) is 6.53. The molecule has 1 N–H and O–H groups in total. The molecule has 3 aliphatic rings. The van der Waals surface area contributed by atoms with Gasteiger partial charge in [-0.3, -0.25) is 4.79 Å². The Morgan fingerprint density at radius 1 is 1.33 bits per heavy atom. The zero-order valence-corrected chi connectivity index (χ0v) is 12.4. The summed E-state index contributed by atoms with van der Waals surface area (Å²) in [6, 6.07) is 8.61. The standard InChI is InChI=1S/C18H21NO2/c1-2-9-19-15-6-4-3-5-13(15)16-11-7-8-12(17(16)19)14(10-11)18(20)21/h3-6,11-12,14H,2,7-10H2,1H3,(H,20,21). The molecule has 3 heteroatoms. The molecular weight excluding hydrogens is 262 g/mol. The molecule has 0 spiro atoms. The molecule has 0 saturated heterocycles. The topological polar surface area (TPSA) is 42.2 Å². The van der Waals surface area contributed by atoms with E-state index in [9.17, 15) is 9.90 Å². The lowest BCUT2D eigenvalue weighted by Gasteiger charge is -2.41. The molecular formula is C18H21NO2. The van der Waals surface area contributed by atoms with Crippen molar-refractivity contribution in [3.63, 3.8) is 0 Å². The van der Waals surface area contributed by atoms with E-state index in [2.05, 4.69) is 35.8 Å². The maximum atomic E-state index is 11.6. The maximum Gasteiger partial charge on any atom is 0.307 e. The minimum Gasteiger partial charge on any atom is -0.481 e. The van der Waals surface area contributed by atoms with E-state index in [0.29, 0.717) is 5.92 Å². The summed E-state index contributed by atoms with van der Waals surface area (Å²) in [6.45, 7) is 3.18. The highest BCUT2D eigenvalue weighted by atomic mass is 16.4. The first-order chi connectivity index (χ1) is 10.2. The van der Waals surface area contributed by atoms with Crippen molar-refractivity contribution in [2.75, 3.05) is 0 Å². The number of rotatable bonds is 3. The first-order valence-corrected chi connectivity index (χ1v) is 8.06. The van der Waals surface area contributed by atoms with E-state index in [0.717, 1.165) is 32.2 Å². The van der Waals surface area contributed by atoms with Gasteiger partial charge in [0, 0.05) is 29.1 Å². The second kappa shape index (κ2) is 4.62. The van der Waals surface area contributed by atoms with Gasteiger partial charge in [0.2, 0.25) is 0 Å². The number of para-hydroxylation sites is 1. The predicted octanol–water partition coefficient (Wildman–Crippen LogP) is 4.12. The Hall–Kier alpha value is -1.77. The van der Waals surface area contributed by atoms with Crippen LogP contribution in [0.2, 0.25) is 0 Å². The van der Waals surface area contributed by atoms with Crippen LogP contribution < -0.4 is 0 Å². The Labute approximate surface area is 124 Å². The second-order valence-electron chi connectivity index (χ2n) is 6.53. The Morgan fingerprint density at radius 3 is 2.90 bits per heavy atom. The third kappa shape index (κ3) is 1.69. The molecule has 1 aromatic carbocycles. The summed E-state index contributed by atoms with van der Waals surface area (Å²) < 4.78 is 2.41. The molecule has 3 aliphatic carbocycles. The van der Waals surface area contributed by atoms with Crippen molar-refractivity contribution in [1.82, 2.24) is 4.57 Å². The average Bonchev–Trinajstić information content (AvgIpc) is 2.85. The van der Waals surface area contributed by atoms with Gasteiger partial charge in [-0.1, -0.05) is 25.1 Å². The molecule has 3 nitrogen and oxygen atoms in total. The van der Waals surface area contributed by atoms with Crippen molar-refractivity contribution in [3.8, 4) is 0 Å². The summed E-state index contributed by atoms with van der Waals surface area (Å²) in [5.41, 5.74) is 4.10. The van der Waals surface area contributed by atoms with Gasteiger partial charge >= 0.3 is 5.97 Å². The monoisotopic (exact) mass is 283 g/mol. The van der Waals surface area contributed by atoms with Crippen molar-refractivity contribution in [2.24, 2.45) is 5.92 Å². The largest absolute Gasteiger partial charge is 0.481 e. The van der Waals surface area contributed by atoms with E-state index in [1.54, 1.807) is 0 Å². The number of carboxylic acids is 1. The van der Waals surface area contributed by atoms with E-state index in [1.165, 1.54) is 22.2 Å². The zero-order valence-electron chi connectivity index (χ0n) is 12.4. The summed E-state index contributed by atoms with van der Waals surface area (Å²) in [7, 11) is 0. The summed E-state index contributed by atoms with van der Waals surface area (Å²) in [4.78, 5) is 11.6. The molecule has 3 unspecified atom stereocenters. The lowest BCUT2D eigenvalue weighted by Crippen LogP contribution is -2.35. The Bertz CT molecular complexity index is 715. The van der Waals surface area contributed by atoms with Gasteiger partial charge in [-0.25, -0.2) is 0 Å². The van der Waals surface area contributed by atoms with Gasteiger partial charge in [0.05, 0.1) is 5.92 Å². The van der Waals surface area contributed by atoms with E-state index in [1.807, 2.05) is 0 Å². The minimum absolute atomic E-state index is 0.184. The van der Waals surface area contributed by atoms with Crippen molar-refractivity contribution in [3.05, 3.63) is 35.5 Å². The average molecular weight is 283 g/mol. The van der Waals surface area contributed by atoms with Crippen LogP contribution in [0.1, 0.15) is 55.7 Å². The van der Waals surface area contributed by atoms with Crippen LogP contribution in [0, 0.1) is 5.92 Å². The molecule has 0 radical (unpaired) electrons. The number of carbonyl (C=O) groups is 1. The van der Waals surface area contributed by atoms with Crippen molar-refractivity contribution < 1.29 is 9.90 Å². The number of benzene rings is 1. The fourth-order valence-corrected chi connectivity index (χ4v) is 4.68. The molecule has 1 heterocycles. The lowest BCUT2D eigenvalue weighted by atomic mass is 9.63. The number of carboxylic acid groups (broad SMARTS) is 1. The fraction of sp³-hybridized carbons (Fsp3) is 0.500. The molecule has 21 heavy (non-hydrogen) atoms. The molecule has 5 rings (SSSR count). The van der Waals surface area contributed by atoms with Gasteiger partial charge in [0.25, 0.3) is 0 Å². The summed E-state index contributed by atoms with van der Waals surface area (Å²) in [5.74, 6) is -0.143. The van der Waals surface area contributed by atoms with Crippen LogP contribution in [-0.4, -0.2) is 15.6 Å². The van der Waals surface area contributed by atoms with Crippen LogP contribution in [0.25, 0.3) is 10.9 Å². The van der Waals surface area contributed by atoms with Crippen LogP contribution in [0.15, 0.2) is 24.3 Å². The SMILES string of the molecule is CCCn1c2c(c3ccccc31)C1CCC2C(C(=O)O)C1. The molecule has 110 valence electrons. The highest BCUT2D eigenvalue weighted by Crippen LogP contribution is 2.55. The van der Waals surface area contributed by atoms with Gasteiger partial charge in [-0.05, 0) is 43.2 Å². The van der Waals surface area contributed by atoms with Crippen LogP contribution in [0.4, 0.5) is 0 Å².